The quantitative estimate of drug-likeness (QED) is 0.315. The molecule has 0 radical (unpaired) electrons. The second-order valence-electron chi connectivity index (χ2n) is 4.64. The molecule has 2 aromatic carbocycles. The summed E-state index contributed by atoms with van der Waals surface area (Å²) in [6.45, 7) is 1.81. The molecule has 0 spiro atoms. The third-order valence-corrected chi connectivity index (χ3v) is 3.43. The third-order valence-electron chi connectivity index (χ3n) is 3.05. The number of halogens is 6. The standard InChI is InChI=1S/C15H10ClF5/c1-7-3-2-4-8(5-7)6-9(16)10-11(17)13(19)15(21)14(20)12(10)18/h2-5,9H,6H2,1H3. The van der Waals surface area contributed by atoms with Gasteiger partial charge in [-0.2, -0.15) is 0 Å². The van der Waals surface area contributed by atoms with Crippen LogP contribution in [0.3, 0.4) is 0 Å². The first kappa shape index (κ1) is 15.8. The lowest BCUT2D eigenvalue weighted by Crippen LogP contribution is -2.10. The molecule has 1 unspecified atom stereocenters. The van der Waals surface area contributed by atoms with Crippen molar-refractivity contribution in [2.45, 2.75) is 18.7 Å². The molecule has 0 saturated carbocycles. The van der Waals surface area contributed by atoms with E-state index >= 15 is 0 Å². The van der Waals surface area contributed by atoms with E-state index in [0.29, 0.717) is 5.56 Å². The van der Waals surface area contributed by atoms with E-state index in [1.165, 1.54) is 0 Å². The summed E-state index contributed by atoms with van der Waals surface area (Å²) in [6.07, 6.45) is -0.0540. The average molecular weight is 321 g/mol. The Labute approximate surface area is 123 Å². The molecule has 0 fully saturated rings. The molecule has 2 rings (SSSR count). The Kier molecular flexibility index (Phi) is 4.52. The molecule has 6 heteroatoms. The molecule has 0 amide bonds. The van der Waals surface area contributed by atoms with E-state index in [1.54, 1.807) is 18.2 Å². The minimum atomic E-state index is -2.19. The highest BCUT2D eigenvalue weighted by Crippen LogP contribution is 2.33. The van der Waals surface area contributed by atoms with Crippen molar-refractivity contribution in [3.8, 4) is 0 Å². The molecule has 21 heavy (non-hydrogen) atoms. The SMILES string of the molecule is Cc1cccc(CC(Cl)c2c(F)c(F)c(F)c(F)c2F)c1. The van der Waals surface area contributed by atoms with E-state index in [-0.39, 0.29) is 6.42 Å². The van der Waals surface area contributed by atoms with Crippen LogP contribution >= 0.6 is 11.6 Å². The predicted octanol–water partition coefficient (Wildman–Crippen LogP) is 5.21. The lowest BCUT2D eigenvalue weighted by atomic mass is 10.0. The van der Waals surface area contributed by atoms with Crippen molar-refractivity contribution in [2.75, 3.05) is 0 Å². The van der Waals surface area contributed by atoms with Crippen LogP contribution in [0.5, 0.6) is 0 Å². The highest BCUT2D eigenvalue weighted by atomic mass is 35.5. The van der Waals surface area contributed by atoms with Gasteiger partial charge in [-0.15, -0.1) is 11.6 Å². The number of hydrogen-bond acceptors (Lipinski definition) is 0. The first-order valence-corrected chi connectivity index (χ1v) is 6.47. The van der Waals surface area contributed by atoms with Gasteiger partial charge in [0.15, 0.2) is 23.3 Å². The van der Waals surface area contributed by atoms with Crippen LogP contribution in [0.1, 0.15) is 22.1 Å². The zero-order valence-electron chi connectivity index (χ0n) is 10.9. The van der Waals surface area contributed by atoms with Crippen molar-refractivity contribution in [3.05, 3.63) is 70.0 Å². The average Bonchev–Trinajstić information content (AvgIpc) is 2.43. The second-order valence-corrected chi connectivity index (χ2v) is 5.17. The van der Waals surface area contributed by atoms with Crippen molar-refractivity contribution >= 4 is 11.6 Å². The van der Waals surface area contributed by atoms with E-state index in [2.05, 4.69) is 0 Å². The normalized spacial score (nSPS) is 12.5. The molecule has 1 atom stereocenters. The number of hydrogen-bond donors (Lipinski definition) is 0. The van der Waals surface area contributed by atoms with Crippen LogP contribution in [-0.4, -0.2) is 0 Å². The van der Waals surface area contributed by atoms with E-state index < -0.39 is 40.0 Å². The van der Waals surface area contributed by atoms with E-state index in [1.807, 2.05) is 13.0 Å². The Morgan fingerprint density at radius 1 is 0.905 bits per heavy atom. The van der Waals surface area contributed by atoms with Crippen molar-refractivity contribution < 1.29 is 22.0 Å². The van der Waals surface area contributed by atoms with Crippen LogP contribution in [0.25, 0.3) is 0 Å². The van der Waals surface area contributed by atoms with E-state index in [9.17, 15) is 22.0 Å². The minimum Gasteiger partial charge on any atom is -0.203 e. The van der Waals surface area contributed by atoms with Gasteiger partial charge in [0, 0.05) is 5.56 Å². The first-order chi connectivity index (χ1) is 9.82. The Morgan fingerprint density at radius 3 is 1.95 bits per heavy atom. The summed E-state index contributed by atoms with van der Waals surface area (Å²) in [6, 6.07) is 6.91. The number of benzene rings is 2. The van der Waals surface area contributed by atoms with Gasteiger partial charge < -0.3 is 0 Å². The molecule has 0 saturated heterocycles. The highest BCUT2D eigenvalue weighted by Gasteiger charge is 2.29. The summed E-state index contributed by atoms with van der Waals surface area (Å²) in [5.41, 5.74) is 0.530. The fourth-order valence-corrected chi connectivity index (χ4v) is 2.41. The molecule has 0 N–H and O–H groups in total. The molecule has 0 heterocycles. The van der Waals surface area contributed by atoms with Crippen molar-refractivity contribution in [1.82, 2.24) is 0 Å². The smallest absolute Gasteiger partial charge is 0.200 e. The summed E-state index contributed by atoms with van der Waals surface area (Å²) in [5.74, 6) is -9.94. The molecule has 0 aliphatic carbocycles. The molecule has 112 valence electrons. The summed E-state index contributed by atoms with van der Waals surface area (Å²) < 4.78 is 66.5. The first-order valence-electron chi connectivity index (χ1n) is 6.03. The summed E-state index contributed by atoms with van der Waals surface area (Å²) in [4.78, 5) is 0. The fourth-order valence-electron chi connectivity index (χ4n) is 2.05. The number of rotatable bonds is 3. The maximum Gasteiger partial charge on any atom is 0.200 e. The molecule has 0 bridgehead atoms. The van der Waals surface area contributed by atoms with Gasteiger partial charge in [0.1, 0.15) is 0 Å². The number of alkyl halides is 1. The Morgan fingerprint density at radius 2 is 1.43 bits per heavy atom. The van der Waals surface area contributed by atoms with Gasteiger partial charge in [-0.1, -0.05) is 29.8 Å². The van der Waals surface area contributed by atoms with Gasteiger partial charge >= 0.3 is 0 Å². The largest absolute Gasteiger partial charge is 0.203 e. The van der Waals surface area contributed by atoms with Crippen LogP contribution in [-0.2, 0) is 6.42 Å². The summed E-state index contributed by atoms with van der Waals surface area (Å²) >= 11 is 5.86. The molecular weight excluding hydrogens is 311 g/mol. The van der Waals surface area contributed by atoms with Gasteiger partial charge in [-0.05, 0) is 18.9 Å². The van der Waals surface area contributed by atoms with Crippen LogP contribution in [0.2, 0.25) is 0 Å². The highest BCUT2D eigenvalue weighted by molar-refractivity contribution is 6.21. The van der Waals surface area contributed by atoms with Crippen molar-refractivity contribution in [3.63, 3.8) is 0 Å². The van der Waals surface area contributed by atoms with Crippen molar-refractivity contribution in [2.24, 2.45) is 0 Å². The van der Waals surface area contributed by atoms with Crippen LogP contribution < -0.4 is 0 Å². The predicted molar refractivity (Wildman–Crippen MR) is 69.7 cm³/mol. The Balaban J connectivity index is 2.42. The van der Waals surface area contributed by atoms with Gasteiger partial charge in [-0.3, -0.25) is 0 Å². The minimum absolute atomic E-state index is 0.0540. The van der Waals surface area contributed by atoms with Crippen LogP contribution in [0.15, 0.2) is 24.3 Å². The molecule has 2 aromatic rings. The second kappa shape index (κ2) is 6.02. The maximum absolute atomic E-state index is 13.6. The van der Waals surface area contributed by atoms with Crippen molar-refractivity contribution in [1.29, 1.82) is 0 Å². The van der Waals surface area contributed by atoms with Crippen LogP contribution in [0.4, 0.5) is 22.0 Å². The van der Waals surface area contributed by atoms with Gasteiger partial charge in [0.25, 0.3) is 0 Å². The molecular formula is C15H10ClF5. The zero-order chi connectivity index (χ0) is 15.7. The molecule has 0 aliphatic rings. The lowest BCUT2D eigenvalue weighted by molar-refractivity contribution is 0.369. The monoisotopic (exact) mass is 320 g/mol. The topological polar surface area (TPSA) is 0 Å². The van der Waals surface area contributed by atoms with Crippen LogP contribution in [0, 0.1) is 36.0 Å². The third kappa shape index (κ3) is 3.02. The van der Waals surface area contributed by atoms with E-state index in [4.69, 9.17) is 11.6 Å². The Hall–Kier alpha value is -1.62. The van der Waals surface area contributed by atoms with Gasteiger partial charge in [0.05, 0.1) is 5.38 Å². The zero-order valence-corrected chi connectivity index (χ0v) is 11.6. The molecule has 0 nitrogen and oxygen atoms in total. The van der Waals surface area contributed by atoms with Gasteiger partial charge in [0.2, 0.25) is 5.82 Å². The lowest BCUT2D eigenvalue weighted by Gasteiger charge is -2.14. The van der Waals surface area contributed by atoms with Gasteiger partial charge in [-0.25, -0.2) is 22.0 Å². The Bertz CT molecular complexity index is 655. The molecule has 0 aromatic heterocycles. The molecule has 0 aliphatic heterocycles. The summed E-state index contributed by atoms with van der Waals surface area (Å²) in [7, 11) is 0. The van der Waals surface area contributed by atoms with E-state index in [0.717, 1.165) is 5.56 Å². The summed E-state index contributed by atoms with van der Waals surface area (Å²) in [5, 5.41) is -1.36. The maximum atomic E-state index is 13.6. The number of aryl methyl sites for hydroxylation is 1. The fraction of sp³-hybridized carbons (Fsp3) is 0.200.